The maximum Gasteiger partial charge on any atom is 0.410 e. The van der Waals surface area contributed by atoms with Gasteiger partial charge in [-0.3, -0.25) is 0 Å². The first-order valence-corrected chi connectivity index (χ1v) is 6.99. The van der Waals surface area contributed by atoms with E-state index in [2.05, 4.69) is 19.2 Å². The number of nitrogens with one attached hydrogen (secondary N) is 1. The fourth-order valence-electron chi connectivity index (χ4n) is 2.00. The maximum absolute atomic E-state index is 11.9. The first-order valence-electron chi connectivity index (χ1n) is 6.99. The molecule has 0 aromatic rings. The Hall–Kier alpha value is -0.770. The number of ether oxygens (including phenoxy) is 1. The summed E-state index contributed by atoms with van der Waals surface area (Å²) >= 11 is 0. The number of piperidine rings is 1. The standard InChI is InChI=1S/C14H28N2O2.H2/c1-11(2)10-15-12-6-8-16(9-7-12)13(17)18-14(3,4)5;/h11-12,15H,6-10H2,1-5H3;1H. The lowest BCUT2D eigenvalue weighted by atomic mass is 10.0. The third-order valence-electron chi connectivity index (χ3n) is 2.96. The third kappa shape index (κ3) is 5.71. The minimum atomic E-state index is -0.399. The van der Waals surface area contributed by atoms with Crippen LogP contribution >= 0.6 is 0 Å². The Kier molecular flexibility index (Phi) is 5.45. The number of hydrogen-bond acceptors (Lipinski definition) is 3. The molecular formula is C14H30N2O2. The van der Waals surface area contributed by atoms with Gasteiger partial charge in [-0.25, -0.2) is 4.79 Å². The number of amides is 1. The average Bonchev–Trinajstić information content (AvgIpc) is 2.24. The molecule has 4 heteroatoms. The summed E-state index contributed by atoms with van der Waals surface area (Å²) in [6.07, 6.45) is 1.86. The van der Waals surface area contributed by atoms with E-state index in [1.165, 1.54) is 0 Å². The molecule has 0 unspecified atom stereocenters. The van der Waals surface area contributed by atoms with Crippen LogP contribution in [-0.2, 0) is 4.74 Å². The third-order valence-corrected chi connectivity index (χ3v) is 2.96. The van der Waals surface area contributed by atoms with Crippen LogP contribution in [0.15, 0.2) is 0 Å². The molecule has 1 fully saturated rings. The molecule has 1 N–H and O–H groups in total. The Balaban J connectivity index is 0.00000324. The predicted molar refractivity (Wildman–Crippen MR) is 75.8 cm³/mol. The summed E-state index contributed by atoms with van der Waals surface area (Å²) < 4.78 is 5.38. The smallest absolute Gasteiger partial charge is 0.410 e. The van der Waals surface area contributed by atoms with E-state index in [0.29, 0.717) is 12.0 Å². The molecule has 108 valence electrons. The molecule has 0 spiro atoms. The van der Waals surface area contributed by atoms with Crippen LogP contribution in [0.4, 0.5) is 4.79 Å². The van der Waals surface area contributed by atoms with Gasteiger partial charge in [0, 0.05) is 20.6 Å². The fourth-order valence-corrected chi connectivity index (χ4v) is 2.00. The van der Waals surface area contributed by atoms with Crippen molar-refractivity contribution in [3.05, 3.63) is 0 Å². The first kappa shape index (κ1) is 15.3. The quantitative estimate of drug-likeness (QED) is 0.846. The fraction of sp³-hybridized carbons (Fsp3) is 0.929. The minimum Gasteiger partial charge on any atom is -0.444 e. The molecule has 18 heavy (non-hydrogen) atoms. The summed E-state index contributed by atoms with van der Waals surface area (Å²) in [5.41, 5.74) is -0.399. The Morgan fingerprint density at radius 2 is 1.94 bits per heavy atom. The van der Waals surface area contributed by atoms with Gasteiger partial charge < -0.3 is 15.0 Å². The molecule has 0 bridgehead atoms. The van der Waals surface area contributed by atoms with E-state index in [9.17, 15) is 4.79 Å². The molecule has 0 radical (unpaired) electrons. The van der Waals surface area contributed by atoms with E-state index >= 15 is 0 Å². The number of rotatable bonds is 3. The molecule has 0 aromatic carbocycles. The molecule has 1 saturated heterocycles. The summed E-state index contributed by atoms with van der Waals surface area (Å²) in [5.74, 6) is 0.675. The Morgan fingerprint density at radius 1 is 1.39 bits per heavy atom. The van der Waals surface area contributed by atoms with Crippen LogP contribution in [-0.4, -0.2) is 42.3 Å². The zero-order valence-corrected chi connectivity index (χ0v) is 12.5. The lowest BCUT2D eigenvalue weighted by Gasteiger charge is -2.34. The van der Waals surface area contributed by atoms with Gasteiger partial charge in [0.2, 0.25) is 0 Å². The van der Waals surface area contributed by atoms with Gasteiger partial charge in [-0.1, -0.05) is 13.8 Å². The van der Waals surface area contributed by atoms with E-state index < -0.39 is 5.60 Å². The van der Waals surface area contributed by atoms with Gasteiger partial charge in [0.05, 0.1) is 0 Å². The summed E-state index contributed by atoms with van der Waals surface area (Å²) in [5, 5.41) is 3.55. The molecular weight excluding hydrogens is 228 g/mol. The predicted octanol–water partition coefficient (Wildman–Crippen LogP) is 2.88. The van der Waals surface area contributed by atoms with Crippen LogP contribution in [0.1, 0.15) is 48.9 Å². The Morgan fingerprint density at radius 3 is 2.39 bits per heavy atom. The molecule has 1 heterocycles. The Labute approximate surface area is 113 Å². The summed E-state index contributed by atoms with van der Waals surface area (Å²) in [4.78, 5) is 13.7. The first-order chi connectivity index (χ1) is 8.28. The van der Waals surface area contributed by atoms with Crippen molar-refractivity contribution in [2.45, 2.75) is 59.1 Å². The van der Waals surface area contributed by atoms with Gasteiger partial charge in [-0.15, -0.1) is 0 Å². The zero-order valence-electron chi connectivity index (χ0n) is 12.5. The summed E-state index contributed by atoms with van der Waals surface area (Å²) in [6.45, 7) is 12.8. The van der Waals surface area contributed by atoms with Crippen molar-refractivity contribution in [2.24, 2.45) is 5.92 Å². The Bertz CT molecular complexity index is 269. The van der Waals surface area contributed by atoms with Crippen LogP contribution in [0.3, 0.4) is 0 Å². The van der Waals surface area contributed by atoms with E-state index in [0.717, 1.165) is 32.5 Å². The van der Waals surface area contributed by atoms with Crippen molar-refractivity contribution in [2.75, 3.05) is 19.6 Å². The van der Waals surface area contributed by atoms with E-state index in [-0.39, 0.29) is 7.52 Å². The van der Waals surface area contributed by atoms with Gasteiger partial charge in [0.25, 0.3) is 0 Å². The van der Waals surface area contributed by atoms with Crippen LogP contribution in [0.2, 0.25) is 0 Å². The van der Waals surface area contributed by atoms with Crippen molar-refractivity contribution in [1.82, 2.24) is 10.2 Å². The van der Waals surface area contributed by atoms with E-state index in [1.807, 2.05) is 25.7 Å². The van der Waals surface area contributed by atoms with Gasteiger partial charge in [-0.05, 0) is 46.1 Å². The number of hydrogen-bond donors (Lipinski definition) is 1. The van der Waals surface area contributed by atoms with Crippen molar-refractivity contribution in [3.8, 4) is 0 Å². The van der Waals surface area contributed by atoms with Crippen LogP contribution < -0.4 is 5.32 Å². The van der Waals surface area contributed by atoms with Crippen LogP contribution in [0.5, 0.6) is 0 Å². The molecule has 4 nitrogen and oxygen atoms in total. The second kappa shape index (κ2) is 6.41. The molecule has 0 aliphatic carbocycles. The van der Waals surface area contributed by atoms with Crippen molar-refractivity contribution in [3.63, 3.8) is 0 Å². The lowest BCUT2D eigenvalue weighted by Crippen LogP contribution is -2.47. The van der Waals surface area contributed by atoms with Gasteiger partial charge in [-0.2, -0.15) is 0 Å². The highest BCUT2D eigenvalue weighted by atomic mass is 16.6. The van der Waals surface area contributed by atoms with E-state index in [1.54, 1.807) is 0 Å². The highest BCUT2D eigenvalue weighted by Crippen LogP contribution is 2.15. The molecule has 0 aromatic heterocycles. The number of likely N-dealkylation sites (tertiary alicyclic amines) is 1. The SMILES string of the molecule is CC(C)CNC1CCN(C(=O)OC(C)(C)C)CC1.[HH]. The number of carbonyl (C=O) groups excluding carboxylic acids is 1. The summed E-state index contributed by atoms with van der Waals surface area (Å²) in [7, 11) is 0. The molecule has 1 aliphatic rings. The highest BCUT2D eigenvalue weighted by molar-refractivity contribution is 5.68. The second-order valence-corrected chi connectivity index (χ2v) is 6.54. The summed E-state index contributed by atoms with van der Waals surface area (Å²) in [6, 6.07) is 0.547. The topological polar surface area (TPSA) is 41.6 Å². The van der Waals surface area contributed by atoms with Gasteiger partial charge in [0.1, 0.15) is 5.60 Å². The van der Waals surface area contributed by atoms with Crippen LogP contribution in [0.25, 0.3) is 0 Å². The molecule has 1 amide bonds. The molecule has 0 atom stereocenters. The second-order valence-electron chi connectivity index (χ2n) is 6.54. The number of nitrogens with zero attached hydrogens (tertiary/aromatic N) is 1. The molecule has 1 rings (SSSR count). The number of carbonyl (C=O) groups is 1. The van der Waals surface area contributed by atoms with Crippen molar-refractivity contribution < 1.29 is 11.0 Å². The van der Waals surface area contributed by atoms with Gasteiger partial charge >= 0.3 is 6.09 Å². The van der Waals surface area contributed by atoms with Gasteiger partial charge in [0.15, 0.2) is 0 Å². The normalized spacial score (nSPS) is 18.2. The largest absolute Gasteiger partial charge is 0.444 e. The monoisotopic (exact) mass is 258 g/mol. The lowest BCUT2D eigenvalue weighted by molar-refractivity contribution is 0.0198. The average molecular weight is 258 g/mol. The highest BCUT2D eigenvalue weighted by Gasteiger charge is 2.26. The maximum atomic E-state index is 11.9. The molecule has 0 saturated carbocycles. The van der Waals surface area contributed by atoms with Crippen LogP contribution in [0, 0.1) is 5.92 Å². The van der Waals surface area contributed by atoms with E-state index in [4.69, 9.17) is 4.74 Å². The zero-order chi connectivity index (χ0) is 13.8. The molecule has 1 aliphatic heterocycles. The van der Waals surface area contributed by atoms with Crippen molar-refractivity contribution >= 4 is 6.09 Å². The minimum absolute atomic E-state index is 0. The van der Waals surface area contributed by atoms with Crippen molar-refractivity contribution in [1.29, 1.82) is 0 Å².